The maximum absolute atomic E-state index is 14.0. The molecular formula is C35H39FO2. The second-order valence-corrected chi connectivity index (χ2v) is 10.8. The smallest absolute Gasteiger partial charge is 0.170 e. The van der Waals surface area contributed by atoms with Crippen molar-refractivity contribution in [2.24, 2.45) is 11.8 Å². The summed E-state index contributed by atoms with van der Waals surface area (Å²) in [5.74, 6) is 0.293. The van der Waals surface area contributed by atoms with Crippen molar-refractivity contribution < 1.29 is 14.0 Å². The van der Waals surface area contributed by atoms with Crippen LogP contribution in [-0.4, -0.2) is 11.6 Å². The van der Waals surface area contributed by atoms with Crippen LogP contribution < -0.4 is 0 Å². The first-order valence-electron chi connectivity index (χ1n) is 14.0. The SMILES string of the molecule is CCc1c(CCC(=O)CC(C)CC)cccc1C1CC(c2ccc(F)cc2)=CC1C(=O)c1ccccc1C. The Balaban J connectivity index is 1.69. The van der Waals surface area contributed by atoms with E-state index in [2.05, 4.69) is 45.0 Å². The zero-order chi connectivity index (χ0) is 27.2. The highest BCUT2D eigenvalue weighted by molar-refractivity contribution is 6.02. The van der Waals surface area contributed by atoms with E-state index in [1.54, 1.807) is 12.1 Å². The Kier molecular flexibility index (Phi) is 9.09. The molecule has 0 spiro atoms. The molecule has 0 fully saturated rings. The average molecular weight is 511 g/mol. The molecule has 38 heavy (non-hydrogen) atoms. The van der Waals surface area contributed by atoms with Gasteiger partial charge in [0.25, 0.3) is 0 Å². The Morgan fingerprint density at radius 3 is 2.39 bits per heavy atom. The second-order valence-electron chi connectivity index (χ2n) is 10.8. The molecule has 3 unspecified atom stereocenters. The van der Waals surface area contributed by atoms with E-state index in [-0.39, 0.29) is 23.4 Å². The van der Waals surface area contributed by atoms with Crippen LogP contribution in [0.5, 0.6) is 0 Å². The van der Waals surface area contributed by atoms with E-state index >= 15 is 0 Å². The van der Waals surface area contributed by atoms with Crippen LogP contribution in [0.2, 0.25) is 0 Å². The van der Waals surface area contributed by atoms with Crippen molar-refractivity contribution in [1.29, 1.82) is 0 Å². The van der Waals surface area contributed by atoms with Crippen molar-refractivity contribution >= 4 is 17.1 Å². The molecule has 4 rings (SSSR count). The molecular weight excluding hydrogens is 471 g/mol. The van der Waals surface area contributed by atoms with Crippen molar-refractivity contribution in [3.63, 3.8) is 0 Å². The molecule has 0 N–H and O–H groups in total. The zero-order valence-corrected chi connectivity index (χ0v) is 23.1. The molecule has 3 aromatic carbocycles. The summed E-state index contributed by atoms with van der Waals surface area (Å²) in [7, 11) is 0. The van der Waals surface area contributed by atoms with Gasteiger partial charge in [0.05, 0.1) is 0 Å². The topological polar surface area (TPSA) is 34.1 Å². The minimum atomic E-state index is -0.302. The number of rotatable bonds is 11. The second kappa shape index (κ2) is 12.5. The summed E-state index contributed by atoms with van der Waals surface area (Å²) >= 11 is 0. The number of ketones is 2. The molecule has 198 valence electrons. The summed E-state index contributed by atoms with van der Waals surface area (Å²) in [4.78, 5) is 26.6. The highest BCUT2D eigenvalue weighted by Crippen LogP contribution is 2.46. The van der Waals surface area contributed by atoms with Gasteiger partial charge in [-0.25, -0.2) is 4.39 Å². The van der Waals surface area contributed by atoms with Gasteiger partial charge in [0.2, 0.25) is 0 Å². The van der Waals surface area contributed by atoms with Gasteiger partial charge in [-0.05, 0) is 77.6 Å². The number of hydrogen-bond acceptors (Lipinski definition) is 2. The molecule has 0 heterocycles. The Morgan fingerprint density at radius 1 is 0.974 bits per heavy atom. The third-order valence-corrected chi connectivity index (χ3v) is 8.19. The van der Waals surface area contributed by atoms with Gasteiger partial charge in [-0.3, -0.25) is 9.59 Å². The average Bonchev–Trinajstić information content (AvgIpc) is 3.37. The molecule has 1 aliphatic carbocycles. The lowest BCUT2D eigenvalue weighted by atomic mass is 9.79. The number of allylic oxidation sites excluding steroid dienone is 2. The molecule has 0 amide bonds. The van der Waals surface area contributed by atoms with Gasteiger partial charge in [-0.15, -0.1) is 0 Å². The first-order chi connectivity index (χ1) is 18.3. The summed E-state index contributed by atoms with van der Waals surface area (Å²) in [6.45, 7) is 8.40. The van der Waals surface area contributed by atoms with E-state index in [1.165, 1.54) is 28.8 Å². The van der Waals surface area contributed by atoms with E-state index in [9.17, 15) is 14.0 Å². The van der Waals surface area contributed by atoms with Gasteiger partial charge in [0.15, 0.2) is 5.78 Å². The highest BCUT2D eigenvalue weighted by atomic mass is 19.1. The third kappa shape index (κ3) is 6.20. The molecule has 2 nitrogen and oxygen atoms in total. The molecule has 1 aliphatic rings. The van der Waals surface area contributed by atoms with Crippen LogP contribution in [0.25, 0.3) is 5.57 Å². The Bertz CT molecular complexity index is 1320. The van der Waals surface area contributed by atoms with Gasteiger partial charge < -0.3 is 0 Å². The quantitative estimate of drug-likeness (QED) is 0.242. The maximum Gasteiger partial charge on any atom is 0.170 e. The van der Waals surface area contributed by atoms with E-state index in [0.717, 1.165) is 47.9 Å². The number of carbonyl (C=O) groups excluding carboxylic acids is 2. The molecule has 3 heteroatoms. The molecule has 3 aromatic rings. The predicted octanol–water partition coefficient (Wildman–Crippen LogP) is 8.70. The summed E-state index contributed by atoms with van der Waals surface area (Å²) in [5, 5.41) is 0. The number of aryl methyl sites for hydroxylation is 2. The first-order valence-corrected chi connectivity index (χ1v) is 14.0. The van der Waals surface area contributed by atoms with Crippen LogP contribution in [0.3, 0.4) is 0 Å². The molecule has 0 aromatic heterocycles. The number of hydrogen-bond donors (Lipinski definition) is 0. The van der Waals surface area contributed by atoms with E-state index in [0.29, 0.717) is 24.5 Å². The van der Waals surface area contributed by atoms with E-state index < -0.39 is 0 Å². The van der Waals surface area contributed by atoms with Crippen molar-refractivity contribution in [3.8, 4) is 0 Å². The van der Waals surface area contributed by atoms with Gasteiger partial charge in [0, 0.05) is 30.2 Å². The van der Waals surface area contributed by atoms with Crippen LogP contribution in [0.1, 0.15) is 90.5 Å². The fourth-order valence-corrected chi connectivity index (χ4v) is 5.81. The van der Waals surface area contributed by atoms with Gasteiger partial charge >= 0.3 is 0 Å². The van der Waals surface area contributed by atoms with E-state index in [4.69, 9.17) is 0 Å². The van der Waals surface area contributed by atoms with Gasteiger partial charge in [-0.1, -0.05) is 87.9 Å². The van der Waals surface area contributed by atoms with Crippen molar-refractivity contribution in [2.75, 3.05) is 0 Å². The predicted molar refractivity (Wildman–Crippen MR) is 154 cm³/mol. The molecule has 3 atom stereocenters. The molecule has 0 saturated heterocycles. The van der Waals surface area contributed by atoms with Crippen molar-refractivity contribution in [3.05, 3.63) is 112 Å². The Labute approximate surface area is 227 Å². The number of Topliss-reactive ketones (excluding diaryl/α,β-unsaturated/α-hetero) is 2. The number of halogens is 1. The van der Waals surface area contributed by atoms with Crippen LogP contribution in [0.15, 0.2) is 72.8 Å². The highest BCUT2D eigenvalue weighted by Gasteiger charge is 2.36. The maximum atomic E-state index is 14.0. The lowest BCUT2D eigenvalue weighted by molar-refractivity contribution is -0.119. The van der Waals surface area contributed by atoms with Gasteiger partial charge in [-0.2, -0.15) is 0 Å². The summed E-state index contributed by atoms with van der Waals surface area (Å²) < 4.78 is 13.7. The Morgan fingerprint density at radius 2 is 1.71 bits per heavy atom. The molecule has 0 bridgehead atoms. The number of carbonyl (C=O) groups is 2. The summed E-state index contributed by atoms with van der Waals surface area (Å²) in [6, 6.07) is 20.7. The van der Waals surface area contributed by atoms with Crippen LogP contribution in [0, 0.1) is 24.6 Å². The first kappa shape index (κ1) is 27.7. The lowest BCUT2D eigenvalue weighted by Gasteiger charge is -2.24. The fraction of sp³-hybridized carbons (Fsp3) is 0.371. The standard InChI is InChI=1S/C35H39FO2/c1-5-23(3)20-29(37)19-16-26-11-9-13-32(30(26)6-2)33-21-27(25-14-17-28(36)18-15-25)22-34(33)35(38)31-12-8-7-10-24(31)4/h7-15,17-18,22-23,33-34H,5-6,16,19-21H2,1-4H3. The molecule has 0 radical (unpaired) electrons. The minimum absolute atomic E-state index is 0.00660. The largest absolute Gasteiger partial charge is 0.300 e. The fourth-order valence-electron chi connectivity index (χ4n) is 5.81. The molecule has 0 aliphatic heterocycles. The van der Waals surface area contributed by atoms with Crippen LogP contribution >= 0.6 is 0 Å². The van der Waals surface area contributed by atoms with Gasteiger partial charge in [0.1, 0.15) is 11.6 Å². The normalized spacial score (nSPS) is 17.8. The third-order valence-electron chi connectivity index (χ3n) is 8.19. The van der Waals surface area contributed by atoms with Crippen molar-refractivity contribution in [2.45, 2.75) is 72.1 Å². The summed E-state index contributed by atoms with van der Waals surface area (Å²) in [5.41, 5.74) is 7.43. The monoisotopic (exact) mass is 510 g/mol. The lowest BCUT2D eigenvalue weighted by Crippen LogP contribution is -2.20. The molecule has 0 saturated carbocycles. The van der Waals surface area contributed by atoms with E-state index in [1.807, 2.05) is 31.2 Å². The van der Waals surface area contributed by atoms with Crippen molar-refractivity contribution in [1.82, 2.24) is 0 Å². The zero-order valence-electron chi connectivity index (χ0n) is 23.1. The van der Waals surface area contributed by atoms with Crippen LogP contribution in [0.4, 0.5) is 4.39 Å². The number of benzene rings is 3. The summed E-state index contributed by atoms with van der Waals surface area (Å²) in [6.07, 6.45) is 6.61. The Hall–Kier alpha value is -3.33. The minimum Gasteiger partial charge on any atom is -0.300 e. The van der Waals surface area contributed by atoms with Crippen LogP contribution in [-0.2, 0) is 17.6 Å².